The van der Waals surface area contributed by atoms with Crippen molar-refractivity contribution in [3.8, 4) is 16.9 Å². The van der Waals surface area contributed by atoms with E-state index in [4.69, 9.17) is 14.2 Å². The van der Waals surface area contributed by atoms with Gasteiger partial charge in [-0.3, -0.25) is 9.59 Å². The van der Waals surface area contributed by atoms with Crippen LogP contribution in [0.5, 0.6) is 5.75 Å². The van der Waals surface area contributed by atoms with E-state index in [9.17, 15) is 14.4 Å². The summed E-state index contributed by atoms with van der Waals surface area (Å²) in [7, 11) is 1.67. The van der Waals surface area contributed by atoms with Crippen molar-refractivity contribution in [1.82, 2.24) is 4.90 Å². The summed E-state index contributed by atoms with van der Waals surface area (Å²) in [5.41, 5.74) is 3.95. The maximum atomic E-state index is 14.7. The fourth-order valence-corrected chi connectivity index (χ4v) is 6.46. The van der Waals surface area contributed by atoms with Gasteiger partial charge in [0.1, 0.15) is 11.4 Å². The molecule has 0 spiro atoms. The Morgan fingerprint density at radius 2 is 1.74 bits per heavy atom. The maximum absolute atomic E-state index is 14.7. The number of carbonyl (C=O) groups excluding carboxylic acids is 3. The molecule has 1 unspecified atom stereocenters. The van der Waals surface area contributed by atoms with E-state index < -0.39 is 17.6 Å². The molecule has 1 fully saturated rings. The summed E-state index contributed by atoms with van der Waals surface area (Å²) < 4.78 is 16.7. The van der Waals surface area contributed by atoms with Crippen molar-refractivity contribution in [2.75, 3.05) is 56.3 Å². The fourth-order valence-electron chi connectivity index (χ4n) is 6.46. The summed E-state index contributed by atoms with van der Waals surface area (Å²) in [4.78, 5) is 46.1. The number of hydrogen-bond donors (Lipinski definition) is 0. The van der Waals surface area contributed by atoms with Gasteiger partial charge in [-0.15, -0.1) is 0 Å². The van der Waals surface area contributed by atoms with Gasteiger partial charge < -0.3 is 28.9 Å². The molecule has 1 saturated heterocycles. The fraction of sp³-hybridized carbons (Fsp3) is 0.447. The topological polar surface area (TPSA) is 88.6 Å². The van der Waals surface area contributed by atoms with E-state index in [-0.39, 0.29) is 30.9 Å². The number of rotatable bonds is 10. The van der Waals surface area contributed by atoms with E-state index in [0.717, 1.165) is 29.5 Å². The highest BCUT2D eigenvalue weighted by Gasteiger charge is 2.40. The van der Waals surface area contributed by atoms with E-state index in [1.807, 2.05) is 70.2 Å². The van der Waals surface area contributed by atoms with E-state index in [1.54, 1.807) is 21.8 Å². The molecule has 3 aromatic rings. The van der Waals surface area contributed by atoms with Crippen molar-refractivity contribution < 1.29 is 28.6 Å². The second kappa shape index (κ2) is 15.0. The minimum atomic E-state index is -0.648. The number of benzene rings is 3. The predicted molar refractivity (Wildman–Crippen MR) is 184 cm³/mol. The van der Waals surface area contributed by atoms with E-state index >= 15 is 0 Å². The van der Waals surface area contributed by atoms with Gasteiger partial charge in [-0.1, -0.05) is 54.6 Å². The lowest BCUT2D eigenvalue weighted by Gasteiger charge is -2.40. The summed E-state index contributed by atoms with van der Waals surface area (Å²) in [5, 5.41) is 0. The molecule has 2 aliphatic rings. The molecule has 2 heterocycles. The summed E-state index contributed by atoms with van der Waals surface area (Å²) >= 11 is 0. The van der Waals surface area contributed by atoms with Crippen LogP contribution in [0.1, 0.15) is 58.4 Å². The number of piperidine rings is 1. The third kappa shape index (κ3) is 8.14. The zero-order valence-corrected chi connectivity index (χ0v) is 28.2. The lowest BCUT2D eigenvalue weighted by atomic mass is 9.79. The van der Waals surface area contributed by atoms with Crippen LogP contribution in [0.2, 0.25) is 0 Å². The van der Waals surface area contributed by atoms with Crippen molar-refractivity contribution in [2.45, 2.75) is 58.5 Å². The van der Waals surface area contributed by atoms with Crippen molar-refractivity contribution in [3.05, 3.63) is 78.4 Å². The standard InChI is InChI=1S/C38H47N3O6/c1-6-40(30-17-18-34-33(24-30)41(35(42)26-46-34)20-10-11-22-45-5)36(43)32-25-39(37(44)47-38(2,3)4)21-19-31(32)29-16-12-15-28(23-29)27-13-8-7-9-14-27/h7-9,12-18,23-24,31-32H,6,10-11,19-22,25-26H2,1-5H3/t31-,32?/m1/s1. The van der Waals surface area contributed by atoms with Crippen molar-refractivity contribution in [3.63, 3.8) is 0 Å². The molecule has 2 atom stereocenters. The molecule has 3 amide bonds. The second-order valence-corrected chi connectivity index (χ2v) is 13.2. The van der Waals surface area contributed by atoms with Crippen molar-refractivity contribution >= 4 is 29.3 Å². The van der Waals surface area contributed by atoms with E-state index in [0.29, 0.717) is 49.8 Å². The number of carbonyl (C=O) groups is 3. The van der Waals surface area contributed by atoms with Gasteiger partial charge in [0.05, 0.1) is 11.6 Å². The first kappa shape index (κ1) is 34.0. The van der Waals surface area contributed by atoms with Gasteiger partial charge in [-0.2, -0.15) is 0 Å². The Labute approximate surface area is 278 Å². The summed E-state index contributed by atoms with van der Waals surface area (Å²) in [5.74, 6) is -0.196. The van der Waals surface area contributed by atoms with Crippen LogP contribution in [0.3, 0.4) is 0 Å². The highest BCUT2D eigenvalue weighted by Crippen LogP contribution is 2.40. The Morgan fingerprint density at radius 3 is 2.47 bits per heavy atom. The first-order valence-electron chi connectivity index (χ1n) is 16.6. The number of methoxy groups -OCH3 is 1. The zero-order valence-electron chi connectivity index (χ0n) is 28.2. The smallest absolute Gasteiger partial charge is 0.410 e. The second-order valence-electron chi connectivity index (χ2n) is 13.2. The zero-order chi connectivity index (χ0) is 33.6. The number of anilines is 2. The van der Waals surface area contributed by atoms with Gasteiger partial charge in [0.25, 0.3) is 5.91 Å². The van der Waals surface area contributed by atoms with Crippen LogP contribution in [0.25, 0.3) is 11.1 Å². The van der Waals surface area contributed by atoms with Crippen LogP contribution >= 0.6 is 0 Å². The predicted octanol–water partition coefficient (Wildman–Crippen LogP) is 6.90. The maximum Gasteiger partial charge on any atom is 0.410 e. The molecule has 250 valence electrons. The first-order valence-corrected chi connectivity index (χ1v) is 16.6. The van der Waals surface area contributed by atoms with Gasteiger partial charge >= 0.3 is 6.09 Å². The molecule has 47 heavy (non-hydrogen) atoms. The number of unbranched alkanes of at least 4 members (excludes halogenated alkanes) is 1. The third-order valence-electron chi connectivity index (χ3n) is 8.76. The van der Waals surface area contributed by atoms with Crippen LogP contribution < -0.4 is 14.5 Å². The number of likely N-dealkylation sites (tertiary alicyclic amines) is 1. The van der Waals surface area contributed by atoms with Gasteiger partial charge in [-0.05, 0) is 87.8 Å². The number of ether oxygens (including phenoxy) is 3. The minimum absolute atomic E-state index is 0.0145. The molecule has 5 rings (SSSR count). The summed E-state index contributed by atoms with van der Waals surface area (Å²) in [6.07, 6.45) is 1.82. The lowest BCUT2D eigenvalue weighted by molar-refractivity contribution is -0.124. The average Bonchev–Trinajstić information content (AvgIpc) is 3.07. The molecule has 0 saturated carbocycles. The molecular weight excluding hydrogens is 594 g/mol. The SMILES string of the molecule is CCN(C(=O)C1CN(C(=O)OC(C)(C)C)CC[C@@H]1c1cccc(-c2ccccc2)c1)c1ccc2c(c1)N(CCCCOC)C(=O)CO2. The monoisotopic (exact) mass is 641 g/mol. The van der Waals surface area contributed by atoms with Crippen LogP contribution in [0.4, 0.5) is 16.2 Å². The normalized spacial score (nSPS) is 17.9. The van der Waals surface area contributed by atoms with E-state index in [1.165, 1.54) is 0 Å². The minimum Gasteiger partial charge on any atom is -0.482 e. The number of amides is 3. The van der Waals surface area contributed by atoms with Crippen LogP contribution in [0.15, 0.2) is 72.8 Å². The Morgan fingerprint density at radius 1 is 0.979 bits per heavy atom. The molecule has 9 nitrogen and oxygen atoms in total. The van der Waals surface area contributed by atoms with Crippen LogP contribution in [-0.2, 0) is 19.1 Å². The Kier molecular flexibility index (Phi) is 10.9. The Balaban J connectivity index is 1.47. The van der Waals surface area contributed by atoms with Gasteiger partial charge in [0.15, 0.2) is 6.61 Å². The molecule has 0 N–H and O–H groups in total. The van der Waals surface area contributed by atoms with Crippen molar-refractivity contribution in [1.29, 1.82) is 0 Å². The molecule has 0 radical (unpaired) electrons. The van der Waals surface area contributed by atoms with Gasteiger partial charge in [0, 0.05) is 45.6 Å². The molecular formula is C38H47N3O6. The molecule has 0 bridgehead atoms. The number of nitrogens with zero attached hydrogens (tertiary/aromatic N) is 3. The van der Waals surface area contributed by atoms with Gasteiger partial charge in [0.2, 0.25) is 5.91 Å². The summed E-state index contributed by atoms with van der Waals surface area (Å²) in [6, 6.07) is 24.2. The molecule has 3 aromatic carbocycles. The highest BCUT2D eigenvalue weighted by molar-refractivity contribution is 6.01. The molecule has 9 heteroatoms. The van der Waals surface area contributed by atoms with Crippen LogP contribution in [0, 0.1) is 5.92 Å². The highest BCUT2D eigenvalue weighted by atomic mass is 16.6. The molecule has 0 aromatic heterocycles. The van der Waals surface area contributed by atoms with Crippen LogP contribution in [-0.4, -0.2) is 74.9 Å². The van der Waals surface area contributed by atoms with E-state index in [2.05, 4.69) is 30.3 Å². The largest absolute Gasteiger partial charge is 0.482 e. The van der Waals surface area contributed by atoms with Crippen molar-refractivity contribution in [2.24, 2.45) is 5.92 Å². The Hall–Kier alpha value is -4.37. The first-order chi connectivity index (χ1) is 22.6. The third-order valence-corrected chi connectivity index (χ3v) is 8.76. The lowest BCUT2D eigenvalue weighted by Crippen LogP contribution is -2.51. The average molecular weight is 642 g/mol. The summed E-state index contributed by atoms with van der Waals surface area (Å²) in [6.45, 7) is 9.78. The molecule has 2 aliphatic heterocycles. The quantitative estimate of drug-likeness (QED) is 0.224. The number of fused-ring (bicyclic) bond motifs is 1. The van der Waals surface area contributed by atoms with Gasteiger partial charge in [-0.25, -0.2) is 4.79 Å². The number of hydrogen-bond acceptors (Lipinski definition) is 6. The molecule has 0 aliphatic carbocycles. The Bertz CT molecular complexity index is 1550.